The van der Waals surface area contributed by atoms with E-state index in [-0.39, 0.29) is 0 Å². The van der Waals surface area contributed by atoms with Crippen LogP contribution in [0.1, 0.15) is 11.3 Å². The summed E-state index contributed by atoms with van der Waals surface area (Å²) >= 11 is 8.25. The van der Waals surface area contributed by atoms with E-state index in [1.807, 2.05) is 48.9 Å². The maximum atomic E-state index is 6.08. The maximum Gasteiger partial charge on any atom is 0.235 e. The number of hydrogen-bond donors (Lipinski definition) is 0. The van der Waals surface area contributed by atoms with E-state index in [1.54, 1.807) is 6.33 Å². The highest BCUT2D eigenvalue weighted by atomic mass is 127. The predicted octanol–water partition coefficient (Wildman–Crippen LogP) is 4.20. The smallest absolute Gasteiger partial charge is 0.235 e. The van der Waals surface area contributed by atoms with Crippen molar-refractivity contribution in [3.05, 3.63) is 56.8 Å². The van der Waals surface area contributed by atoms with Crippen LogP contribution in [0.15, 0.2) is 36.8 Å². The quantitative estimate of drug-likeness (QED) is 0.595. The summed E-state index contributed by atoms with van der Waals surface area (Å²) in [5.41, 5.74) is 3.84. The molecule has 0 atom stereocenters. The molecule has 2 heterocycles. The molecule has 0 saturated carbocycles. The first-order chi connectivity index (χ1) is 10.0. The molecule has 0 unspecified atom stereocenters. The highest BCUT2D eigenvalue weighted by molar-refractivity contribution is 14.1. The molecular weight excluding hydrogens is 399 g/mol. The molecule has 21 heavy (non-hydrogen) atoms. The molecule has 2 aromatic heterocycles. The molecular formula is C15H12ClIN4. The van der Waals surface area contributed by atoms with Crippen molar-refractivity contribution in [2.24, 2.45) is 0 Å². The Morgan fingerprint density at radius 3 is 2.62 bits per heavy atom. The Balaban J connectivity index is 2.11. The Morgan fingerprint density at radius 2 is 1.95 bits per heavy atom. The number of nitrogens with zero attached hydrogens (tertiary/aromatic N) is 4. The van der Waals surface area contributed by atoms with Crippen molar-refractivity contribution in [2.45, 2.75) is 13.8 Å². The van der Waals surface area contributed by atoms with Gasteiger partial charge in [-0.15, -0.1) is 0 Å². The van der Waals surface area contributed by atoms with Gasteiger partial charge >= 0.3 is 0 Å². The molecule has 6 heteroatoms. The third-order valence-corrected chi connectivity index (χ3v) is 4.06. The van der Waals surface area contributed by atoms with Crippen LogP contribution < -0.4 is 0 Å². The fraction of sp³-hybridized carbons (Fsp3) is 0.133. The van der Waals surface area contributed by atoms with E-state index in [1.165, 1.54) is 0 Å². The molecule has 3 aromatic rings. The van der Waals surface area contributed by atoms with E-state index < -0.39 is 0 Å². The Morgan fingerprint density at radius 1 is 1.14 bits per heavy atom. The van der Waals surface area contributed by atoms with E-state index in [0.717, 1.165) is 31.2 Å². The van der Waals surface area contributed by atoms with Crippen LogP contribution >= 0.6 is 34.2 Å². The number of aryl methyl sites for hydroxylation is 2. The summed E-state index contributed by atoms with van der Waals surface area (Å²) in [5, 5.41) is 0.758. The van der Waals surface area contributed by atoms with Gasteiger partial charge in [0.25, 0.3) is 0 Å². The Labute approximate surface area is 141 Å². The standard InChI is InChI=1S/C15H12ClIN4/c1-9-5-11(3-4-12(9)16)13-6-10(2)19-15(20-13)21-7-14(17)18-8-21/h3-8H,1-2H3. The summed E-state index contributed by atoms with van der Waals surface area (Å²) in [5.74, 6) is 0.619. The monoisotopic (exact) mass is 410 g/mol. The van der Waals surface area contributed by atoms with E-state index >= 15 is 0 Å². The molecule has 0 aliphatic carbocycles. The second-order valence-electron chi connectivity index (χ2n) is 4.76. The molecule has 106 valence electrons. The first kappa shape index (κ1) is 14.5. The zero-order chi connectivity index (χ0) is 15.0. The highest BCUT2D eigenvalue weighted by Crippen LogP contribution is 2.24. The van der Waals surface area contributed by atoms with Gasteiger partial charge in [-0.05, 0) is 60.2 Å². The van der Waals surface area contributed by atoms with Crippen LogP contribution in [0.3, 0.4) is 0 Å². The summed E-state index contributed by atoms with van der Waals surface area (Å²) in [6, 6.07) is 7.86. The van der Waals surface area contributed by atoms with Gasteiger partial charge in [0.2, 0.25) is 5.95 Å². The average Bonchev–Trinajstić information content (AvgIpc) is 2.88. The normalized spacial score (nSPS) is 10.9. The van der Waals surface area contributed by atoms with Gasteiger partial charge in [0.1, 0.15) is 10.0 Å². The minimum Gasteiger partial charge on any atom is -0.273 e. The lowest BCUT2D eigenvalue weighted by molar-refractivity contribution is 0.912. The van der Waals surface area contributed by atoms with Crippen molar-refractivity contribution in [1.29, 1.82) is 0 Å². The molecule has 0 N–H and O–H groups in total. The van der Waals surface area contributed by atoms with Crippen LogP contribution in [0.2, 0.25) is 5.02 Å². The fourth-order valence-corrected chi connectivity index (χ4v) is 2.57. The number of hydrogen-bond acceptors (Lipinski definition) is 3. The molecule has 1 aromatic carbocycles. The lowest BCUT2D eigenvalue weighted by Crippen LogP contribution is -2.01. The van der Waals surface area contributed by atoms with Gasteiger partial charge in [-0.3, -0.25) is 4.57 Å². The summed E-state index contributed by atoms with van der Waals surface area (Å²) in [6.45, 7) is 3.94. The zero-order valence-electron chi connectivity index (χ0n) is 11.5. The van der Waals surface area contributed by atoms with Gasteiger partial charge in [-0.25, -0.2) is 15.0 Å². The Bertz CT molecular complexity index is 813. The molecule has 3 rings (SSSR count). The summed E-state index contributed by atoms with van der Waals surface area (Å²) in [7, 11) is 0. The number of benzene rings is 1. The number of aromatic nitrogens is 4. The molecule has 0 radical (unpaired) electrons. The van der Waals surface area contributed by atoms with Crippen LogP contribution in [0.4, 0.5) is 0 Å². The fourth-order valence-electron chi connectivity index (χ4n) is 2.03. The molecule has 0 spiro atoms. The van der Waals surface area contributed by atoms with E-state index in [4.69, 9.17) is 11.6 Å². The SMILES string of the molecule is Cc1cc(-c2ccc(Cl)c(C)c2)nc(-n2cnc(I)c2)n1. The molecule has 0 amide bonds. The van der Waals surface area contributed by atoms with Crippen molar-refractivity contribution in [3.63, 3.8) is 0 Å². The van der Waals surface area contributed by atoms with Crippen molar-refractivity contribution in [2.75, 3.05) is 0 Å². The third-order valence-electron chi connectivity index (χ3n) is 3.08. The number of halogens is 2. The van der Waals surface area contributed by atoms with Gasteiger partial charge in [0.05, 0.1) is 5.69 Å². The topological polar surface area (TPSA) is 43.6 Å². The zero-order valence-corrected chi connectivity index (χ0v) is 14.4. The lowest BCUT2D eigenvalue weighted by Gasteiger charge is -2.08. The molecule has 0 fully saturated rings. The van der Waals surface area contributed by atoms with Gasteiger partial charge < -0.3 is 0 Å². The molecule has 4 nitrogen and oxygen atoms in total. The maximum absolute atomic E-state index is 6.08. The Kier molecular flexibility index (Phi) is 3.95. The molecule has 0 bridgehead atoms. The van der Waals surface area contributed by atoms with Crippen LogP contribution in [-0.4, -0.2) is 19.5 Å². The van der Waals surface area contributed by atoms with Gasteiger partial charge in [0, 0.05) is 22.5 Å². The summed E-state index contributed by atoms with van der Waals surface area (Å²) in [6.07, 6.45) is 3.61. The third kappa shape index (κ3) is 3.08. The summed E-state index contributed by atoms with van der Waals surface area (Å²) < 4.78 is 2.72. The molecule has 0 aliphatic heterocycles. The summed E-state index contributed by atoms with van der Waals surface area (Å²) in [4.78, 5) is 13.3. The minimum atomic E-state index is 0.619. The van der Waals surface area contributed by atoms with Crippen LogP contribution in [0.5, 0.6) is 0 Å². The van der Waals surface area contributed by atoms with Crippen molar-refractivity contribution < 1.29 is 0 Å². The predicted molar refractivity (Wildman–Crippen MR) is 91.8 cm³/mol. The van der Waals surface area contributed by atoms with Crippen molar-refractivity contribution >= 4 is 34.2 Å². The van der Waals surface area contributed by atoms with E-state index in [9.17, 15) is 0 Å². The average molecular weight is 411 g/mol. The van der Waals surface area contributed by atoms with Crippen molar-refractivity contribution in [1.82, 2.24) is 19.5 Å². The number of imidazole rings is 1. The highest BCUT2D eigenvalue weighted by Gasteiger charge is 2.08. The first-order valence-electron chi connectivity index (χ1n) is 6.35. The van der Waals surface area contributed by atoms with E-state index in [2.05, 4.69) is 37.5 Å². The lowest BCUT2D eigenvalue weighted by atomic mass is 10.1. The van der Waals surface area contributed by atoms with E-state index in [0.29, 0.717) is 5.95 Å². The number of rotatable bonds is 2. The Hall–Kier alpha value is -1.47. The molecule has 0 saturated heterocycles. The van der Waals surface area contributed by atoms with Gasteiger partial charge in [-0.2, -0.15) is 0 Å². The minimum absolute atomic E-state index is 0.619. The van der Waals surface area contributed by atoms with Crippen molar-refractivity contribution in [3.8, 4) is 17.2 Å². The molecule has 0 aliphatic rings. The first-order valence-corrected chi connectivity index (χ1v) is 7.80. The second kappa shape index (κ2) is 5.73. The van der Waals surface area contributed by atoms with Crippen LogP contribution in [-0.2, 0) is 0 Å². The largest absolute Gasteiger partial charge is 0.273 e. The van der Waals surface area contributed by atoms with Crippen LogP contribution in [0, 0.1) is 17.5 Å². The van der Waals surface area contributed by atoms with Gasteiger partial charge in [0.15, 0.2) is 0 Å². The second-order valence-corrected chi connectivity index (χ2v) is 6.27. The van der Waals surface area contributed by atoms with Gasteiger partial charge in [-0.1, -0.05) is 17.7 Å². The van der Waals surface area contributed by atoms with Crippen LogP contribution in [0.25, 0.3) is 17.2 Å².